The summed E-state index contributed by atoms with van der Waals surface area (Å²) in [6.45, 7) is 1.08. The zero-order valence-electron chi connectivity index (χ0n) is 15.3. The Balaban J connectivity index is 1.79. The molecule has 140 valence electrons. The van der Waals surface area contributed by atoms with Crippen molar-refractivity contribution < 1.29 is 23.7 Å². The number of ether oxygens (including phenoxy) is 5. The third-order valence-corrected chi connectivity index (χ3v) is 5.71. The van der Waals surface area contributed by atoms with E-state index in [-0.39, 0.29) is 18.3 Å². The van der Waals surface area contributed by atoms with Crippen LogP contribution >= 0.6 is 11.8 Å². The van der Waals surface area contributed by atoms with Gasteiger partial charge in [0.15, 0.2) is 13.6 Å². The molecule has 1 atom stereocenters. The molecule has 0 saturated heterocycles. The van der Waals surface area contributed by atoms with Gasteiger partial charge in [-0.1, -0.05) is 18.2 Å². The fraction of sp³-hybridized carbons (Fsp3) is 0.400. The lowest BCUT2D eigenvalue weighted by molar-refractivity contribution is 0.0507. The van der Waals surface area contributed by atoms with Crippen LogP contribution in [0.1, 0.15) is 11.1 Å². The lowest BCUT2D eigenvalue weighted by Gasteiger charge is -2.37. The van der Waals surface area contributed by atoms with Crippen molar-refractivity contribution in [2.75, 3.05) is 40.7 Å². The van der Waals surface area contributed by atoms with E-state index in [2.05, 4.69) is 24.5 Å². The largest absolute Gasteiger partial charge is 0.491 e. The van der Waals surface area contributed by atoms with Gasteiger partial charge in [0.1, 0.15) is 23.9 Å². The van der Waals surface area contributed by atoms with E-state index in [1.165, 1.54) is 11.1 Å². The fourth-order valence-electron chi connectivity index (χ4n) is 3.00. The zero-order chi connectivity index (χ0) is 18.4. The third kappa shape index (κ3) is 4.09. The molecule has 1 aliphatic heterocycles. The number of rotatable bonds is 8. The second-order valence-electron chi connectivity index (χ2n) is 6.06. The van der Waals surface area contributed by atoms with Gasteiger partial charge in [0.2, 0.25) is 0 Å². The van der Waals surface area contributed by atoms with Gasteiger partial charge in [0, 0.05) is 20.3 Å². The highest BCUT2D eigenvalue weighted by molar-refractivity contribution is 7.99. The quantitative estimate of drug-likeness (QED) is 0.652. The molecule has 2 aromatic carbocycles. The summed E-state index contributed by atoms with van der Waals surface area (Å²) < 4.78 is 26.9. The number of methoxy groups -OCH3 is 2. The molecule has 2 aromatic rings. The maximum atomic E-state index is 6.11. The Morgan fingerprint density at radius 3 is 2.27 bits per heavy atom. The Morgan fingerprint density at radius 1 is 0.962 bits per heavy atom. The summed E-state index contributed by atoms with van der Waals surface area (Å²) in [7, 11) is 3.22. The average Bonchev–Trinajstić information content (AvgIpc) is 2.70. The van der Waals surface area contributed by atoms with Crippen molar-refractivity contribution in [2.45, 2.75) is 11.2 Å². The molecule has 0 amide bonds. The van der Waals surface area contributed by atoms with Gasteiger partial charge in [-0.2, -0.15) is 0 Å². The first-order valence-corrected chi connectivity index (χ1v) is 9.58. The topological polar surface area (TPSA) is 46.2 Å². The van der Waals surface area contributed by atoms with Crippen molar-refractivity contribution in [3.05, 3.63) is 53.6 Å². The molecule has 0 fully saturated rings. The predicted octanol–water partition coefficient (Wildman–Crippen LogP) is 3.85. The number of benzene rings is 2. The lowest BCUT2D eigenvalue weighted by atomic mass is 9.89. The molecule has 6 heteroatoms. The second-order valence-corrected chi connectivity index (χ2v) is 7.25. The third-order valence-electron chi connectivity index (χ3n) is 4.43. The van der Waals surface area contributed by atoms with Crippen LogP contribution < -0.4 is 14.2 Å². The summed E-state index contributed by atoms with van der Waals surface area (Å²) in [5.74, 6) is 2.43. The Bertz CT molecular complexity index is 719. The van der Waals surface area contributed by atoms with Crippen molar-refractivity contribution >= 4 is 11.8 Å². The number of hydrogen-bond donors (Lipinski definition) is 0. The van der Waals surface area contributed by atoms with Gasteiger partial charge in [-0.05, 0) is 42.0 Å². The van der Waals surface area contributed by atoms with Crippen molar-refractivity contribution in [3.63, 3.8) is 0 Å². The summed E-state index contributed by atoms with van der Waals surface area (Å²) in [6.07, 6.45) is 3.02. The molecule has 0 aromatic heterocycles. The fourth-order valence-corrected chi connectivity index (χ4v) is 3.85. The number of thioether (sulfide) groups is 1. The van der Waals surface area contributed by atoms with Crippen LogP contribution in [0.15, 0.2) is 42.5 Å². The Morgan fingerprint density at radius 2 is 1.62 bits per heavy atom. The van der Waals surface area contributed by atoms with Crippen LogP contribution in [0.3, 0.4) is 0 Å². The van der Waals surface area contributed by atoms with Crippen LogP contribution in [0.2, 0.25) is 0 Å². The molecule has 5 nitrogen and oxygen atoms in total. The monoisotopic (exact) mass is 376 g/mol. The van der Waals surface area contributed by atoms with Gasteiger partial charge < -0.3 is 23.7 Å². The maximum absolute atomic E-state index is 6.11. The van der Waals surface area contributed by atoms with Gasteiger partial charge in [-0.3, -0.25) is 0 Å². The maximum Gasteiger partial charge on any atom is 0.188 e. The molecule has 0 N–H and O–H groups in total. The molecule has 0 spiro atoms. The summed E-state index contributed by atoms with van der Waals surface area (Å²) >= 11 is 1.81. The van der Waals surface area contributed by atoms with Gasteiger partial charge in [-0.25, -0.2) is 0 Å². The van der Waals surface area contributed by atoms with E-state index in [0.29, 0.717) is 6.61 Å². The minimum atomic E-state index is -0.123. The van der Waals surface area contributed by atoms with E-state index in [4.69, 9.17) is 23.7 Å². The normalized spacial score (nSPS) is 18.7. The highest BCUT2D eigenvalue weighted by Gasteiger charge is 2.37. The first-order chi connectivity index (χ1) is 12.7. The standard InChI is InChI=1S/C20H24O5S/c1-21-13-24-17-8-5-16(6-9-17)20(26-3)11-15-4-7-18(25-14-22-2)10-19(15)23-12-20/h4-10H,11-14H2,1-3H3. The van der Waals surface area contributed by atoms with Gasteiger partial charge in [0.05, 0.1) is 4.75 Å². The summed E-state index contributed by atoms with van der Waals surface area (Å²) in [6, 6.07) is 14.1. The SMILES string of the molecule is COCOc1ccc(C2(SC)COc3cc(OCOC)ccc3C2)cc1. The van der Waals surface area contributed by atoms with E-state index in [9.17, 15) is 0 Å². The molecule has 3 rings (SSSR count). The van der Waals surface area contributed by atoms with E-state index < -0.39 is 0 Å². The van der Waals surface area contributed by atoms with E-state index in [1.807, 2.05) is 36.0 Å². The minimum Gasteiger partial charge on any atom is -0.491 e. The van der Waals surface area contributed by atoms with E-state index in [1.54, 1.807) is 14.2 Å². The Kier molecular flexibility index (Phi) is 6.29. The molecule has 0 radical (unpaired) electrons. The lowest BCUT2D eigenvalue weighted by Crippen LogP contribution is -2.35. The van der Waals surface area contributed by atoms with E-state index >= 15 is 0 Å². The molecule has 1 heterocycles. The molecule has 1 aliphatic rings. The average molecular weight is 376 g/mol. The summed E-state index contributed by atoms with van der Waals surface area (Å²) in [5.41, 5.74) is 2.40. The first kappa shape index (κ1) is 18.9. The van der Waals surface area contributed by atoms with Crippen LogP contribution in [0.4, 0.5) is 0 Å². The minimum absolute atomic E-state index is 0.123. The Labute approximate surface area is 158 Å². The summed E-state index contributed by atoms with van der Waals surface area (Å²) in [4.78, 5) is 0. The molecule has 0 aliphatic carbocycles. The van der Waals surface area contributed by atoms with Gasteiger partial charge in [-0.15, -0.1) is 11.8 Å². The molecule has 26 heavy (non-hydrogen) atoms. The highest BCUT2D eigenvalue weighted by atomic mass is 32.2. The van der Waals surface area contributed by atoms with Crippen LogP contribution in [0.25, 0.3) is 0 Å². The number of fused-ring (bicyclic) bond motifs is 1. The Hall–Kier alpha value is -1.89. The molecule has 1 unspecified atom stereocenters. The van der Waals surface area contributed by atoms with Crippen LogP contribution in [0, 0.1) is 0 Å². The molecule has 0 saturated carbocycles. The van der Waals surface area contributed by atoms with Crippen molar-refractivity contribution in [1.82, 2.24) is 0 Å². The van der Waals surface area contributed by atoms with Crippen molar-refractivity contribution in [1.29, 1.82) is 0 Å². The molecular formula is C20H24O5S. The first-order valence-electron chi connectivity index (χ1n) is 8.35. The van der Waals surface area contributed by atoms with Crippen molar-refractivity contribution in [2.24, 2.45) is 0 Å². The number of hydrogen-bond acceptors (Lipinski definition) is 6. The van der Waals surface area contributed by atoms with Crippen LogP contribution in [-0.2, 0) is 20.6 Å². The highest BCUT2D eigenvalue weighted by Crippen LogP contribution is 2.45. The zero-order valence-corrected chi connectivity index (χ0v) is 16.1. The molecule has 0 bridgehead atoms. The van der Waals surface area contributed by atoms with Crippen LogP contribution in [0.5, 0.6) is 17.2 Å². The van der Waals surface area contributed by atoms with E-state index in [0.717, 1.165) is 23.7 Å². The second kappa shape index (κ2) is 8.66. The van der Waals surface area contributed by atoms with Crippen LogP contribution in [-0.4, -0.2) is 40.7 Å². The van der Waals surface area contributed by atoms with Gasteiger partial charge >= 0.3 is 0 Å². The van der Waals surface area contributed by atoms with Crippen molar-refractivity contribution in [3.8, 4) is 17.2 Å². The molecular weight excluding hydrogens is 352 g/mol. The predicted molar refractivity (Wildman–Crippen MR) is 102 cm³/mol. The summed E-state index contributed by atoms with van der Waals surface area (Å²) in [5, 5.41) is 0. The smallest absolute Gasteiger partial charge is 0.188 e. The van der Waals surface area contributed by atoms with Gasteiger partial charge in [0.25, 0.3) is 0 Å².